The van der Waals surface area contributed by atoms with Crippen LogP contribution in [-0.4, -0.2) is 31.7 Å². The highest BCUT2D eigenvalue weighted by Gasteiger charge is 2.16. The lowest BCUT2D eigenvalue weighted by Crippen LogP contribution is -2.33. The van der Waals surface area contributed by atoms with E-state index in [4.69, 9.17) is 4.74 Å². The molecule has 0 unspecified atom stereocenters. The summed E-state index contributed by atoms with van der Waals surface area (Å²) in [6.07, 6.45) is 1.18. The zero-order chi connectivity index (χ0) is 12.3. The van der Waals surface area contributed by atoms with Gasteiger partial charge in [-0.15, -0.1) is 0 Å². The van der Waals surface area contributed by atoms with Gasteiger partial charge in [-0.2, -0.15) is 0 Å². The van der Waals surface area contributed by atoms with E-state index in [9.17, 15) is 0 Å². The quantitative estimate of drug-likeness (QED) is 0.793. The molecule has 2 rings (SSSR count). The Kier molecular flexibility index (Phi) is 4.19. The van der Waals surface area contributed by atoms with Crippen LogP contribution in [0.5, 0.6) is 0 Å². The minimum atomic E-state index is 0.620. The number of rotatable bonds is 4. The van der Waals surface area contributed by atoms with Crippen molar-refractivity contribution in [2.24, 2.45) is 0 Å². The summed E-state index contributed by atoms with van der Waals surface area (Å²) < 4.78 is 5.15. The van der Waals surface area contributed by atoms with Crippen LogP contribution >= 0.6 is 0 Å². The summed E-state index contributed by atoms with van der Waals surface area (Å²) >= 11 is 0. The fourth-order valence-corrected chi connectivity index (χ4v) is 2.41. The van der Waals surface area contributed by atoms with Crippen LogP contribution in [0.15, 0.2) is 18.2 Å². The second-order valence-corrected chi connectivity index (χ2v) is 5.20. The predicted octanol–water partition coefficient (Wildman–Crippen LogP) is 2.81. The number of fused-ring (bicyclic) bond motifs is 1. The Balaban J connectivity index is 2.09. The molecule has 0 aliphatic carbocycles. The van der Waals surface area contributed by atoms with Gasteiger partial charge in [-0.3, -0.25) is 4.90 Å². The van der Waals surface area contributed by atoms with Crippen LogP contribution in [0.2, 0.25) is 0 Å². The lowest BCUT2D eigenvalue weighted by atomic mass is 9.93. The van der Waals surface area contributed by atoms with Crippen molar-refractivity contribution in [2.45, 2.75) is 32.7 Å². The van der Waals surface area contributed by atoms with E-state index in [0.29, 0.717) is 5.92 Å². The fraction of sp³-hybridized carbons (Fsp3) is 0.600. The van der Waals surface area contributed by atoms with Gasteiger partial charge in [-0.25, -0.2) is 0 Å². The first-order valence-electron chi connectivity index (χ1n) is 6.53. The lowest BCUT2D eigenvalue weighted by Gasteiger charge is -2.29. The molecule has 1 aliphatic heterocycles. The first-order chi connectivity index (χ1) is 8.20. The molecule has 0 radical (unpaired) electrons. The van der Waals surface area contributed by atoms with Crippen LogP contribution in [-0.2, 0) is 17.7 Å². The smallest absolute Gasteiger partial charge is 0.0589 e. The van der Waals surface area contributed by atoms with E-state index in [1.54, 1.807) is 7.11 Å². The van der Waals surface area contributed by atoms with Crippen LogP contribution in [0.3, 0.4) is 0 Å². The monoisotopic (exact) mass is 233 g/mol. The summed E-state index contributed by atoms with van der Waals surface area (Å²) in [5.41, 5.74) is 4.50. The van der Waals surface area contributed by atoms with Gasteiger partial charge in [-0.1, -0.05) is 32.0 Å². The predicted molar refractivity (Wildman–Crippen MR) is 71.4 cm³/mol. The molecule has 0 N–H and O–H groups in total. The summed E-state index contributed by atoms with van der Waals surface area (Å²) in [5, 5.41) is 0. The maximum atomic E-state index is 5.15. The largest absolute Gasteiger partial charge is 0.383 e. The highest BCUT2D eigenvalue weighted by Crippen LogP contribution is 2.23. The Hall–Kier alpha value is -0.860. The summed E-state index contributed by atoms with van der Waals surface area (Å²) in [6.45, 7) is 8.64. The highest BCUT2D eigenvalue weighted by molar-refractivity contribution is 5.35. The van der Waals surface area contributed by atoms with E-state index in [1.807, 2.05) is 0 Å². The van der Waals surface area contributed by atoms with Crippen molar-refractivity contribution < 1.29 is 4.74 Å². The van der Waals surface area contributed by atoms with Gasteiger partial charge < -0.3 is 4.74 Å². The van der Waals surface area contributed by atoms with Gasteiger partial charge in [0.05, 0.1) is 6.61 Å². The third-order valence-corrected chi connectivity index (χ3v) is 3.60. The molecule has 0 aromatic heterocycles. The first kappa shape index (κ1) is 12.6. The highest BCUT2D eigenvalue weighted by atomic mass is 16.5. The number of ether oxygens (including phenoxy) is 1. The van der Waals surface area contributed by atoms with Gasteiger partial charge in [0.15, 0.2) is 0 Å². The minimum absolute atomic E-state index is 0.620. The zero-order valence-electron chi connectivity index (χ0n) is 11.2. The summed E-state index contributed by atoms with van der Waals surface area (Å²) in [7, 11) is 1.77. The Morgan fingerprint density at radius 3 is 2.82 bits per heavy atom. The number of methoxy groups -OCH3 is 1. The van der Waals surface area contributed by atoms with Gasteiger partial charge >= 0.3 is 0 Å². The first-order valence-corrected chi connectivity index (χ1v) is 6.53. The van der Waals surface area contributed by atoms with Crippen molar-refractivity contribution >= 4 is 0 Å². The van der Waals surface area contributed by atoms with Gasteiger partial charge in [0, 0.05) is 26.7 Å². The SMILES string of the molecule is COCCN1CCc2ccc(C(C)C)cc2C1. The van der Waals surface area contributed by atoms with Gasteiger partial charge in [0.2, 0.25) is 0 Å². The van der Waals surface area contributed by atoms with Crippen molar-refractivity contribution in [1.82, 2.24) is 4.90 Å². The molecule has 0 saturated heterocycles. The molecule has 2 heteroatoms. The molecule has 1 aromatic carbocycles. The molecule has 0 saturated carbocycles. The Morgan fingerprint density at radius 1 is 1.29 bits per heavy atom. The molecule has 0 fully saturated rings. The van der Waals surface area contributed by atoms with Crippen molar-refractivity contribution in [3.8, 4) is 0 Å². The van der Waals surface area contributed by atoms with Crippen LogP contribution in [0, 0.1) is 0 Å². The van der Waals surface area contributed by atoms with Gasteiger partial charge in [0.1, 0.15) is 0 Å². The molecule has 2 nitrogen and oxygen atoms in total. The van der Waals surface area contributed by atoms with Crippen molar-refractivity contribution in [2.75, 3.05) is 26.8 Å². The van der Waals surface area contributed by atoms with E-state index in [2.05, 4.69) is 36.9 Å². The molecule has 17 heavy (non-hydrogen) atoms. The molecule has 1 aliphatic rings. The second kappa shape index (κ2) is 5.65. The molecule has 94 valence electrons. The number of benzene rings is 1. The Labute approximate surface area is 105 Å². The van der Waals surface area contributed by atoms with Gasteiger partial charge in [0.25, 0.3) is 0 Å². The second-order valence-electron chi connectivity index (χ2n) is 5.20. The molecular formula is C15H23NO. The molecule has 0 amide bonds. The van der Waals surface area contributed by atoms with E-state index in [-0.39, 0.29) is 0 Å². The van der Waals surface area contributed by atoms with Crippen molar-refractivity contribution in [3.63, 3.8) is 0 Å². The van der Waals surface area contributed by atoms with Crippen LogP contribution < -0.4 is 0 Å². The standard InChI is InChI=1S/C15H23NO/c1-12(2)14-5-4-13-6-7-16(8-9-17-3)11-15(13)10-14/h4-5,10,12H,6-9,11H2,1-3H3. The van der Waals surface area contributed by atoms with Crippen LogP contribution in [0.1, 0.15) is 36.5 Å². The topological polar surface area (TPSA) is 12.5 Å². The lowest BCUT2D eigenvalue weighted by molar-refractivity contribution is 0.141. The third kappa shape index (κ3) is 3.08. The van der Waals surface area contributed by atoms with E-state index in [1.165, 1.54) is 23.1 Å². The average molecular weight is 233 g/mol. The average Bonchev–Trinajstić information content (AvgIpc) is 2.35. The van der Waals surface area contributed by atoms with Crippen LogP contribution in [0.4, 0.5) is 0 Å². The number of hydrogen-bond acceptors (Lipinski definition) is 2. The van der Waals surface area contributed by atoms with Crippen molar-refractivity contribution in [3.05, 3.63) is 34.9 Å². The minimum Gasteiger partial charge on any atom is -0.383 e. The van der Waals surface area contributed by atoms with Gasteiger partial charge in [-0.05, 0) is 29.0 Å². The maximum absolute atomic E-state index is 5.15. The summed E-state index contributed by atoms with van der Waals surface area (Å²) in [6, 6.07) is 6.99. The number of nitrogens with zero attached hydrogens (tertiary/aromatic N) is 1. The normalized spacial score (nSPS) is 16.2. The van der Waals surface area contributed by atoms with E-state index >= 15 is 0 Å². The zero-order valence-corrected chi connectivity index (χ0v) is 11.2. The molecule has 0 atom stereocenters. The van der Waals surface area contributed by atoms with Crippen LogP contribution in [0.25, 0.3) is 0 Å². The maximum Gasteiger partial charge on any atom is 0.0589 e. The fourth-order valence-electron chi connectivity index (χ4n) is 2.41. The molecule has 1 heterocycles. The van der Waals surface area contributed by atoms with E-state index < -0.39 is 0 Å². The summed E-state index contributed by atoms with van der Waals surface area (Å²) in [4.78, 5) is 2.48. The summed E-state index contributed by atoms with van der Waals surface area (Å²) in [5.74, 6) is 0.620. The molecular weight excluding hydrogens is 210 g/mol. The Bertz CT molecular complexity index is 373. The molecule has 1 aromatic rings. The molecule has 0 bridgehead atoms. The third-order valence-electron chi connectivity index (χ3n) is 3.60. The number of hydrogen-bond donors (Lipinski definition) is 0. The van der Waals surface area contributed by atoms with Crippen molar-refractivity contribution in [1.29, 1.82) is 0 Å². The molecule has 0 spiro atoms. The van der Waals surface area contributed by atoms with E-state index in [0.717, 1.165) is 26.2 Å². The Morgan fingerprint density at radius 2 is 2.12 bits per heavy atom.